The fraction of sp³-hybridized carbons (Fsp3) is 0. The van der Waals surface area contributed by atoms with Gasteiger partial charge in [-0.3, -0.25) is 0 Å². The van der Waals surface area contributed by atoms with Crippen molar-refractivity contribution in [2.75, 3.05) is 4.90 Å². The van der Waals surface area contributed by atoms with Crippen molar-refractivity contribution in [3.63, 3.8) is 0 Å². The molecule has 3 heteroatoms. The standard InChI is InChI=1S/C60H37NO2/c1-2-12-40(13-3-1)49-20-11-22-52-51-32-28-42(37-57(51)63-59(49)52)38-26-29-44(30-27-38)61(45-31-33-48-43(36-45)25-24-41-15-5-6-17-46(41)48)55-35-34-53(50-21-10-16-39-14-4-7-18-47(39)50)60-58(55)54-19-8-9-23-56(54)62-60/h1-37H. The van der Waals surface area contributed by atoms with E-state index in [1.54, 1.807) is 0 Å². The molecule has 0 unspecified atom stereocenters. The minimum absolute atomic E-state index is 0.860. The van der Waals surface area contributed by atoms with Crippen LogP contribution in [0.15, 0.2) is 233 Å². The molecule has 0 aliphatic carbocycles. The Morgan fingerprint density at radius 2 is 0.905 bits per heavy atom. The van der Waals surface area contributed by atoms with Crippen LogP contribution in [0.4, 0.5) is 17.1 Å². The van der Waals surface area contributed by atoms with Gasteiger partial charge in [0, 0.05) is 38.7 Å². The molecule has 0 spiro atoms. The van der Waals surface area contributed by atoms with Gasteiger partial charge in [-0.05, 0) is 109 Å². The quantitative estimate of drug-likeness (QED) is 0.157. The van der Waals surface area contributed by atoms with Gasteiger partial charge in [-0.25, -0.2) is 0 Å². The molecule has 2 heterocycles. The van der Waals surface area contributed by atoms with Crippen molar-refractivity contribution in [2.45, 2.75) is 0 Å². The van der Waals surface area contributed by atoms with Crippen LogP contribution < -0.4 is 4.90 Å². The fourth-order valence-corrected chi connectivity index (χ4v) is 9.86. The summed E-state index contributed by atoms with van der Waals surface area (Å²) in [5.74, 6) is 0. The Morgan fingerprint density at radius 3 is 1.78 bits per heavy atom. The van der Waals surface area contributed by atoms with Gasteiger partial charge in [0.1, 0.15) is 22.3 Å². The number of rotatable bonds is 6. The number of hydrogen-bond donors (Lipinski definition) is 0. The van der Waals surface area contributed by atoms with Gasteiger partial charge < -0.3 is 13.7 Å². The summed E-state index contributed by atoms with van der Waals surface area (Å²) in [6.07, 6.45) is 0. The van der Waals surface area contributed by atoms with Crippen molar-refractivity contribution in [3.8, 4) is 33.4 Å². The summed E-state index contributed by atoms with van der Waals surface area (Å²) >= 11 is 0. The van der Waals surface area contributed by atoms with E-state index in [4.69, 9.17) is 8.83 Å². The number of benzene rings is 11. The lowest BCUT2D eigenvalue weighted by atomic mass is 9.95. The molecule has 3 nitrogen and oxygen atoms in total. The minimum Gasteiger partial charge on any atom is -0.455 e. The Labute approximate surface area is 363 Å². The van der Waals surface area contributed by atoms with Gasteiger partial charge in [0.2, 0.25) is 0 Å². The third-order valence-corrected chi connectivity index (χ3v) is 12.9. The van der Waals surface area contributed by atoms with Crippen LogP contribution in [0.5, 0.6) is 0 Å². The highest BCUT2D eigenvalue weighted by Crippen LogP contribution is 2.48. The maximum atomic E-state index is 6.90. The van der Waals surface area contributed by atoms with Crippen LogP contribution >= 0.6 is 0 Å². The second kappa shape index (κ2) is 14.1. The first kappa shape index (κ1) is 35.4. The summed E-state index contributed by atoms with van der Waals surface area (Å²) in [4.78, 5) is 2.39. The molecule has 0 aliphatic heterocycles. The van der Waals surface area contributed by atoms with Gasteiger partial charge in [-0.1, -0.05) is 170 Å². The molecule has 0 radical (unpaired) electrons. The lowest BCUT2D eigenvalue weighted by molar-refractivity contribution is 0.669. The monoisotopic (exact) mass is 803 g/mol. The third kappa shape index (κ3) is 5.67. The Bertz CT molecular complexity index is 3910. The van der Waals surface area contributed by atoms with E-state index in [0.717, 1.165) is 94.3 Å². The predicted octanol–water partition coefficient (Wildman–Crippen LogP) is 17.4. The number of hydrogen-bond acceptors (Lipinski definition) is 3. The zero-order chi connectivity index (χ0) is 41.4. The van der Waals surface area contributed by atoms with Gasteiger partial charge in [0.15, 0.2) is 0 Å². The van der Waals surface area contributed by atoms with Gasteiger partial charge in [0.25, 0.3) is 0 Å². The smallest absolute Gasteiger partial charge is 0.145 e. The first-order chi connectivity index (χ1) is 31.2. The molecule has 63 heavy (non-hydrogen) atoms. The minimum atomic E-state index is 0.860. The summed E-state index contributed by atoms with van der Waals surface area (Å²) in [7, 11) is 0. The molecule has 0 aliphatic rings. The zero-order valence-electron chi connectivity index (χ0n) is 34.1. The normalized spacial score (nSPS) is 11.8. The van der Waals surface area contributed by atoms with Crippen molar-refractivity contribution in [1.29, 1.82) is 0 Å². The van der Waals surface area contributed by atoms with Crippen LogP contribution in [0.3, 0.4) is 0 Å². The van der Waals surface area contributed by atoms with E-state index in [0.29, 0.717) is 0 Å². The highest BCUT2D eigenvalue weighted by atomic mass is 16.3. The van der Waals surface area contributed by atoms with Gasteiger partial charge in [-0.2, -0.15) is 0 Å². The van der Waals surface area contributed by atoms with Crippen LogP contribution in [0.25, 0.3) is 110 Å². The Kier molecular flexibility index (Phi) is 7.91. The van der Waals surface area contributed by atoms with Crippen molar-refractivity contribution in [3.05, 3.63) is 224 Å². The van der Waals surface area contributed by atoms with E-state index in [-0.39, 0.29) is 0 Å². The molecular formula is C60H37NO2. The number of fused-ring (bicyclic) bond motifs is 10. The van der Waals surface area contributed by atoms with Gasteiger partial charge >= 0.3 is 0 Å². The predicted molar refractivity (Wildman–Crippen MR) is 265 cm³/mol. The summed E-state index contributed by atoms with van der Waals surface area (Å²) in [5, 5.41) is 11.7. The molecule has 11 aromatic carbocycles. The number of nitrogens with zero attached hydrogens (tertiary/aromatic N) is 1. The lowest BCUT2D eigenvalue weighted by Gasteiger charge is -2.27. The maximum absolute atomic E-state index is 6.90. The topological polar surface area (TPSA) is 29.5 Å². The van der Waals surface area contributed by atoms with Crippen molar-refractivity contribution in [1.82, 2.24) is 0 Å². The number of furan rings is 2. The molecule has 294 valence electrons. The Morgan fingerprint density at radius 1 is 0.286 bits per heavy atom. The Hall–Kier alpha value is -8.40. The maximum Gasteiger partial charge on any atom is 0.145 e. The van der Waals surface area contributed by atoms with E-state index in [1.165, 1.54) is 32.3 Å². The zero-order valence-corrected chi connectivity index (χ0v) is 34.1. The second-order valence-electron chi connectivity index (χ2n) is 16.4. The van der Waals surface area contributed by atoms with E-state index < -0.39 is 0 Å². The first-order valence-electron chi connectivity index (χ1n) is 21.5. The molecule has 13 rings (SSSR count). The van der Waals surface area contributed by atoms with Gasteiger partial charge in [-0.15, -0.1) is 0 Å². The molecule has 0 fully saturated rings. The molecule has 0 atom stereocenters. The highest BCUT2D eigenvalue weighted by molar-refractivity contribution is 6.19. The third-order valence-electron chi connectivity index (χ3n) is 12.9. The SMILES string of the molecule is c1ccc(-c2cccc3c2oc2cc(-c4ccc(N(c5ccc6c(ccc7ccccc76)c5)c5ccc(-c6cccc7ccccc67)c6oc7ccccc7c56)cc4)ccc23)cc1. The summed E-state index contributed by atoms with van der Waals surface area (Å²) in [6.45, 7) is 0. The van der Waals surface area contributed by atoms with E-state index in [9.17, 15) is 0 Å². The second-order valence-corrected chi connectivity index (χ2v) is 16.4. The number of anilines is 3. The average molecular weight is 804 g/mol. The van der Waals surface area contributed by atoms with Crippen LogP contribution in [-0.2, 0) is 0 Å². The van der Waals surface area contributed by atoms with E-state index >= 15 is 0 Å². The fourth-order valence-electron chi connectivity index (χ4n) is 9.86. The molecule has 0 saturated heterocycles. The molecule has 0 saturated carbocycles. The molecule has 0 amide bonds. The van der Waals surface area contributed by atoms with Crippen molar-refractivity contribution < 1.29 is 8.83 Å². The van der Waals surface area contributed by atoms with Crippen LogP contribution in [0, 0.1) is 0 Å². The summed E-state index contributed by atoms with van der Waals surface area (Å²) in [6, 6.07) is 80.4. The van der Waals surface area contributed by atoms with E-state index in [1.807, 2.05) is 6.07 Å². The molecular weight excluding hydrogens is 767 g/mol. The largest absolute Gasteiger partial charge is 0.455 e. The number of para-hydroxylation sites is 2. The van der Waals surface area contributed by atoms with Crippen LogP contribution in [0.1, 0.15) is 0 Å². The summed E-state index contributed by atoms with van der Waals surface area (Å²) in [5.41, 5.74) is 13.3. The molecule has 13 aromatic rings. The van der Waals surface area contributed by atoms with Gasteiger partial charge in [0.05, 0.1) is 11.1 Å². The Balaban J connectivity index is 0.990. The first-order valence-corrected chi connectivity index (χ1v) is 21.5. The average Bonchev–Trinajstić information content (AvgIpc) is 3.93. The van der Waals surface area contributed by atoms with Crippen molar-refractivity contribution in [2.24, 2.45) is 0 Å². The van der Waals surface area contributed by atoms with E-state index in [2.05, 4.69) is 223 Å². The molecule has 2 aromatic heterocycles. The summed E-state index contributed by atoms with van der Waals surface area (Å²) < 4.78 is 13.6. The van der Waals surface area contributed by atoms with Crippen LogP contribution in [0.2, 0.25) is 0 Å². The van der Waals surface area contributed by atoms with Crippen molar-refractivity contribution >= 4 is 93.3 Å². The molecule has 0 bridgehead atoms. The lowest BCUT2D eigenvalue weighted by Crippen LogP contribution is -2.10. The highest BCUT2D eigenvalue weighted by Gasteiger charge is 2.23. The molecule has 0 N–H and O–H groups in total. The van der Waals surface area contributed by atoms with Crippen LogP contribution in [-0.4, -0.2) is 0 Å².